The lowest BCUT2D eigenvalue weighted by Crippen LogP contribution is -2.37. The molecule has 0 fully saturated rings. The van der Waals surface area contributed by atoms with Gasteiger partial charge in [0.05, 0.1) is 5.92 Å². The Morgan fingerprint density at radius 2 is 1.62 bits per heavy atom. The molecule has 26 heavy (non-hydrogen) atoms. The van der Waals surface area contributed by atoms with Crippen LogP contribution in [0.5, 0.6) is 0 Å². The first kappa shape index (κ1) is 18.0. The molecule has 1 aliphatic carbocycles. The highest BCUT2D eigenvalue weighted by atomic mass is 16.6. The van der Waals surface area contributed by atoms with E-state index in [4.69, 9.17) is 9.84 Å². The largest absolute Gasteiger partial charge is 0.481 e. The third kappa shape index (κ3) is 3.43. The van der Waals surface area contributed by atoms with Crippen molar-refractivity contribution in [2.75, 3.05) is 19.7 Å². The van der Waals surface area contributed by atoms with Crippen LogP contribution in [0.1, 0.15) is 30.9 Å². The molecule has 0 aliphatic heterocycles. The molecule has 0 saturated carbocycles. The maximum Gasteiger partial charge on any atom is 0.409 e. The zero-order chi connectivity index (χ0) is 18.7. The summed E-state index contributed by atoms with van der Waals surface area (Å²) in [6.45, 7) is 4.19. The predicted molar refractivity (Wildman–Crippen MR) is 99.1 cm³/mol. The van der Waals surface area contributed by atoms with E-state index in [0.717, 1.165) is 11.1 Å². The van der Waals surface area contributed by atoms with Crippen molar-refractivity contribution in [1.82, 2.24) is 4.90 Å². The van der Waals surface area contributed by atoms with Crippen molar-refractivity contribution in [3.63, 3.8) is 0 Å². The van der Waals surface area contributed by atoms with Crippen molar-refractivity contribution in [2.24, 2.45) is 5.92 Å². The topological polar surface area (TPSA) is 66.8 Å². The molecule has 0 spiro atoms. The fourth-order valence-corrected chi connectivity index (χ4v) is 3.43. The zero-order valence-corrected chi connectivity index (χ0v) is 15.0. The molecule has 0 saturated heterocycles. The molecule has 0 radical (unpaired) electrons. The van der Waals surface area contributed by atoms with E-state index in [1.54, 1.807) is 6.92 Å². The van der Waals surface area contributed by atoms with Gasteiger partial charge in [-0.3, -0.25) is 4.79 Å². The summed E-state index contributed by atoms with van der Waals surface area (Å²) in [5.41, 5.74) is 4.67. The number of benzene rings is 2. The molecule has 5 heteroatoms. The first-order chi connectivity index (χ1) is 12.5. The van der Waals surface area contributed by atoms with Crippen LogP contribution in [0.3, 0.4) is 0 Å². The van der Waals surface area contributed by atoms with E-state index in [1.165, 1.54) is 16.0 Å². The van der Waals surface area contributed by atoms with Crippen LogP contribution < -0.4 is 0 Å². The van der Waals surface area contributed by atoms with Gasteiger partial charge in [-0.2, -0.15) is 0 Å². The SMILES string of the molecule is CCN(CC(C)C(=O)O)C(=O)OCC1c2ccccc2-c2ccccc21. The number of aliphatic carboxylic acids is 1. The van der Waals surface area contributed by atoms with Crippen LogP contribution in [0.25, 0.3) is 11.1 Å². The second-order valence-corrected chi connectivity index (χ2v) is 6.58. The minimum absolute atomic E-state index is 0.00181. The van der Waals surface area contributed by atoms with Crippen LogP contribution in [0, 0.1) is 5.92 Å². The third-order valence-corrected chi connectivity index (χ3v) is 4.89. The quantitative estimate of drug-likeness (QED) is 0.853. The lowest BCUT2D eigenvalue weighted by molar-refractivity contribution is -0.141. The number of hydrogen-bond donors (Lipinski definition) is 1. The smallest absolute Gasteiger partial charge is 0.409 e. The molecule has 2 aromatic rings. The van der Waals surface area contributed by atoms with Gasteiger partial charge in [0.15, 0.2) is 0 Å². The van der Waals surface area contributed by atoms with Gasteiger partial charge in [-0.1, -0.05) is 55.5 Å². The van der Waals surface area contributed by atoms with Crippen LogP contribution in [0.4, 0.5) is 4.79 Å². The Bertz CT molecular complexity index is 772. The van der Waals surface area contributed by atoms with E-state index in [0.29, 0.717) is 6.54 Å². The van der Waals surface area contributed by atoms with Gasteiger partial charge in [0.2, 0.25) is 0 Å². The van der Waals surface area contributed by atoms with E-state index in [9.17, 15) is 9.59 Å². The molecule has 3 rings (SSSR count). The Morgan fingerprint density at radius 1 is 1.08 bits per heavy atom. The first-order valence-electron chi connectivity index (χ1n) is 8.85. The summed E-state index contributed by atoms with van der Waals surface area (Å²) in [4.78, 5) is 24.9. The lowest BCUT2D eigenvalue weighted by Gasteiger charge is -2.23. The van der Waals surface area contributed by atoms with Gasteiger partial charge >= 0.3 is 12.1 Å². The summed E-state index contributed by atoms with van der Waals surface area (Å²) < 4.78 is 5.57. The normalized spacial score (nSPS) is 13.6. The number of rotatable bonds is 6. The molecule has 1 N–H and O–H groups in total. The zero-order valence-electron chi connectivity index (χ0n) is 15.0. The number of carboxylic acids is 1. The van der Waals surface area contributed by atoms with Crippen molar-refractivity contribution in [3.05, 3.63) is 59.7 Å². The number of ether oxygens (including phenoxy) is 1. The number of hydrogen-bond acceptors (Lipinski definition) is 3. The average molecular weight is 353 g/mol. The Labute approximate surface area is 153 Å². The Morgan fingerprint density at radius 3 is 2.12 bits per heavy atom. The molecule has 136 valence electrons. The molecular formula is C21H23NO4. The molecule has 1 atom stereocenters. The maximum absolute atomic E-state index is 12.4. The molecule has 0 bridgehead atoms. The van der Waals surface area contributed by atoms with Crippen molar-refractivity contribution >= 4 is 12.1 Å². The van der Waals surface area contributed by atoms with E-state index in [1.807, 2.05) is 31.2 Å². The van der Waals surface area contributed by atoms with Crippen LogP contribution in [-0.2, 0) is 9.53 Å². The number of carbonyl (C=O) groups excluding carboxylic acids is 1. The third-order valence-electron chi connectivity index (χ3n) is 4.89. The number of amides is 1. The van der Waals surface area contributed by atoms with Gasteiger partial charge < -0.3 is 14.7 Å². The van der Waals surface area contributed by atoms with Crippen molar-refractivity contribution < 1.29 is 19.4 Å². The van der Waals surface area contributed by atoms with Gasteiger partial charge in [0.25, 0.3) is 0 Å². The standard InChI is InChI=1S/C21H23NO4/c1-3-22(12-14(2)20(23)24)21(25)26-13-19-17-10-6-4-8-15(17)16-9-5-7-11-18(16)19/h4-11,14,19H,3,12-13H2,1-2H3,(H,23,24). The molecule has 2 aromatic carbocycles. The molecule has 0 heterocycles. The summed E-state index contributed by atoms with van der Waals surface area (Å²) in [7, 11) is 0. The van der Waals surface area contributed by atoms with E-state index < -0.39 is 18.0 Å². The number of carbonyl (C=O) groups is 2. The highest BCUT2D eigenvalue weighted by Gasteiger charge is 2.30. The number of fused-ring (bicyclic) bond motifs is 3. The van der Waals surface area contributed by atoms with E-state index >= 15 is 0 Å². The van der Waals surface area contributed by atoms with Crippen molar-refractivity contribution in [1.29, 1.82) is 0 Å². The second kappa shape index (κ2) is 7.60. The number of nitrogens with zero attached hydrogens (tertiary/aromatic N) is 1. The second-order valence-electron chi connectivity index (χ2n) is 6.58. The number of carboxylic acid groups (broad SMARTS) is 1. The molecule has 0 aromatic heterocycles. The van der Waals surface area contributed by atoms with E-state index in [2.05, 4.69) is 24.3 Å². The average Bonchev–Trinajstić information content (AvgIpc) is 2.97. The highest BCUT2D eigenvalue weighted by molar-refractivity contribution is 5.79. The first-order valence-corrected chi connectivity index (χ1v) is 8.85. The Balaban J connectivity index is 1.73. The molecule has 1 unspecified atom stereocenters. The van der Waals surface area contributed by atoms with Gasteiger partial charge in [0, 0.05) is 19.0 Å². The van der Waals surface area contributed by atoms with Crippen LogP contribution in [0.15, 0.2) is 48.5 Å². The summed E-state index contributed by atoms with van der Waals surface area (Å²) in [5, 5.41) is 9.05. The van der Waals surface area contributed by atoms with Gasteiger partial charge in [-0.15, -0.1) is 0 Å². The highest BCUT2D eigenvalue weighted by Crippen LogP contribution is 2.44. The Hall–Kier alpha value is -2.82. The fourth-order valence-electron chi connectivity index (χ4n) is 3.43. The molecular weight excluding hydrogens is 330 g/mol. The van der Waals surface area contributed by atoms with Gasteiger partial charge in [0.1, 0.15) is 6.61 Å². The molecule has 1 aliphatic rings. The summed E-state index contributed by atoms with van der Waals surface area (Å²) in [6, 6.07) is 16.3. The van der Waals surface area contributed by atoms with Crippen LogP contribution in [-0.4, -0.2) is 41.8 Å². The lowest BCUT2D eigenvalue weighted by atomic mass is 9.98. The summed E-state index contributed by atoms with van der Waals surface area (Å²) in [5.74, 6) is -1.55. The van der Waals surface area contributed by atoms with Crippen LogP contribution >= 0.6 is 0 Å². The summed E-state index contributed by atoms with van der Waals surface area (Å²) in [6.07, 6.45) is -0.470. The minimum Gasteiger partial charge on any atom is -0.481 e. The predicted octanol–water partition coefficient (Wildman–Crippen LogP) is 3.98. The van der Waals surface area contributed by atoms with Crippen molar-refractivity contribution in [2.45, 2.75) is 19.8 Å². The monoisotopic (exact) mass is 353 g/mol. The van der Waals surface area contributed by atoms with Gasteiger partial charge in [-0.25, -0.2) is 4.79 Å². The fraction of sp³-hybridized carbons (Fsp3) is 0.333. The molecule has 5 nitrogen and oxygen atoms in total. The Kier molecular flexibility index (Phi) is 5.26. The van der Waals surface area contributed by atoms with Crippen molar-refractivity contribution in [3.8, 4) is 11.1 Å². The maximum atomic E-state index is 12.4. The molecule has 1 amide bonds. The summed E-state index contributed by atoms with van der Waals surface area (Å²) >= 11 is 0. The van der Waals surface area contributed by atoms with Crippen LogP contribution in [0.2, 0.25) is 0 Å². The minimum atomic E-state index is -0.921. The van der Waals surface area contributed by atoms with E-state index in [-0.39, 0.29) is 19.1 Å². The van der Waals surface area contributed by atoms with Gasteiger partial charge in [-0.05, 0) is 29.2 Å².